The number of anilines is 2. The van der Waals surface area contributed by atoms with E-state index in [9.17, 15) is 0 Å². The van der Waals surface area contributed by atoms with Crippen LogP contribution in [0.5, 0.6) is 0 Å². The second kappa shape index (κ2) is 7.94. The molecule has 0 saturated carbocycles. The summed E-state index contributed by atoms with van der Waals surface area (Å²) in [5, 5.41) is 3.30. The van der Waals surface area contributed by atoms with Gasteiger partial charge in [0.05, 0.1) is 0 Å². The number of allylic oxidation sites excluding steroid dienone is 2. The first-order valence-electron chi connectivity index (χ1n) is 5.47. The molecule has 0 aliphatic rings. The Morgan fingerprint density at radius 1 is 0.647 bits per heavy atom. The molecule has 2 aromatic rings. The average Bonchev–Trinajstić information content (AvgIpc) is 2.41. The van der Waals surface area contributed by atoms with Crippen LogP contribution >= 0.6 is 0 Å². The summed E-state index contributed by atoms with van der Waals surface area (Å²) < 4.78 is 0. The van der Waals surface area contributed by atoms with E-state index < -0.39 is 0 Å². The van der Waals surface area contributed by atoms with Crippen molar-refractivity contribution < 1.29 is 0 Å². The lowest BCUT2D eigenvalue weighted by Crippen LogP contribution is -1.87. The maximum Gasteiger partial charge on any atom is 0.0384 e. The molecular weight excluding hydrogens is 206 g/mol. The van der Waals surface area contributed by atoms with Gasteiger partial charge >= 0.3 is 0 Å². The number of hydrogen-bond acceptors (Lipinski definition) is 1. The molecule has 0 heterocycles. The highest BCUT2D eigenvalue weighted by atomic mass is 14.9. The second-order valence-corrected chi connectivity index (χ2v) is 3.33. The van der Waals surface area contributed by atoms with Crippen molar-refractivity contribution >= 4 is 11.4 Å². The second-order valence-electron chi connectivity index (χ2n) is 3.33. The summed E-state index contributed by atoms with van der Waals surface area (Å²) in [6.45, 7) is 6.72. The molecule has 86 valence electrons. The van der Waals surface area contributed by atoms with Crippen molar-refractivity contribution in [3.8, 4) is 0 Å². The summed E-state index contributed by atoms with van der Waals surface area (Å²) >= 11 is 0. The van der Waals surface area contributed by atoms with Crippen LogP contribution in [-0.4, -0.2) is 0 Å². The van der Waals surface area contributed by atoms with Gasteiger partial charge in [-0.2, -0.15) is 0 Å². The van der Waals surface area contributed by atoms with Gasteiger partial charge in [0.1, 0.15) is 0 Å². The summed E-state index contributed by atoms with van der Waals surface area (Å²) in [5.74, 6) is 0. The maximum absolute atomic E-state index is 3.36. The maximum atomic E-state index is 3.36. The Hall–Kier alpha value is -2.28. The van der Waals surface area contributed by atoms with Gasteiger partial charge in [0.2, 0.25) is 0 Å². The van der Waals surface area contributed by atoms with Crippen LogP contribution in [0.3, 0.4) is 0 Å². The van der Waals surface area contributed by atoms with Gasteiger partial charge in [-0.25, -0.2) is 0 Å². The molecule has 0 aliphatic carbocycles. The van der Waals surface area contributed by atoms with Crippen molar-refractivity contribution in [2.75, 3.05) is 5.32 Å². The fraction of sp³-hybridized carbons (Fsp3) is 0. The van der Waals surface area contributed by atoms with E-state index in [4.69, 9.17) is 0 Å². The molecule has 0 radical (unpaired) electrons. The van der Waals surface area contributed by atoms with Crippen molar-refractivity contribution in [3.05, 3.63) is 86.0 Å². The lowest BCUT2D eigenvalue weighted by Gasteiger charge is -2.04. The molecular formula is C16H17N. The monoisotopic (exact) mass is 223 g/mol. The molecule has 0 unspecified atom stereocenters. The average molecular weight is 223 g/mol. The minimum absolute atomic E-state index is 1.12. The van der Waals surface area contributed by atoms with E-state index in [1.54, 1.807) is 12.2 Å². The Balaban J connectivity index is 0.000000317. The highest BCUT2D eigenvalue weighted by Gasteiger charge is 1.89. The number of nitrogens with one attached hydrogen (secondary N) is 1. The van der Waals surface area contributed by atoms with Crippen molar-refractivity contribution in [1.82, 2.24) is 0 Å². The quantitative estimate of drug-likeness (QED) is 0.738. The van der Waals surface area contributed by atoms with Crippen molar-refractivity contribution in [3.63, 3.8) is 0 Å². The van der Waals surface area contributed by atoms with Crippen LogP contribution in [0.4, 0.5) is 11.4 Å². The Morgan fingerprint density at radius 2 is 1.00 bits per heavy atom. The molecule has 2 aromatic carbocycles. The van der Waals surface area contributed by atoms with Gasteiger partial charge in [-0.1, -0.05) is 61.7 Å². The molecule has 2 rings (SSSR count). The van der Waals surface area contributed by atoms with E-state index in [2.05, 4.69) is 18.5 Å². The predicted molar refractivity (Wildman–Crippen MR) is 76.6 cm³/mol. The van der Waals surface area contributed by atoms with Crippen LogP contribution in [-0.2, 0) is 0 Å². The largest absolute Gasteiger partial charge is 0.356 e. The first kappa shape index (κ1) is 12.8. The molecule has 0 fully saturated rings. The van der Waals surface area contributed by atoms with Crippen LogP contribution < -0.4 is 5.32 Å². The summed E-state index contributed by atoms with van der Waals surface area (Å²) in [7, 11) is 0. The van der Waals surface area contributed by atoms with Gasteiger partial charge in [0.25, 0.3) is 0 Å². The lowest BCUT2D eigenvalue weighted by molar-refractivity contribution is 1.55. The normalized spacial score (nSPS) is 8.47. The summed E-state index contributed by atoms with van der Waals surface area (Å²) in [4.78, 5) is 0. The van der Waals surface area contributed by atoms with E-state index in [0.29, 0.717) is 0 Å². The molecule has 0 saturated heterocycles. The number of para-hydroxylation sites is 2. The number of rotatable bonds is 3. The fourth-order valence-electron chi connectivity index (χ4n) is 1.21. The molecule has 17 heavy (non-hydrogen) atoms. The first-order chi connectivity index (χ1) is 8.36. The number of benzene rings is 2. The zero-order valence-corrected chi connectivity index (χ0v) is 9.84. The first-order valence-corrected chi connectivity index (χ1v) is 5.47. The molecule has 1 N–H and O–H groups in total. The molecule has 0 spiro atoms. The van der Waals surface area contributed by atoms with Gasteiger partial charge in [-0.05, 0) is 24.3 Å². The highest BCUT2D eigenvalue weighted by molar-refractivity contribution is 5.58. The molecule has 0 aliphatic heterocycles. The molecule has 0 amide bonds. The summed E-state index contributed by atoms with van der Waals surface area (Å²) in [6, 6.07) is 20.3. The minimum Gasteiger partial charge on any atom is -0.356 e. The van der Waals surface area contributed by atoms with Crippen molar-refractivity contribution in [2.45, 2.75) is 0 Å². The van der Waals surface area contributed by atoms with Crippen molar-refractivity contribution in [1.29, 1.82) is 0 Å². The Bertz CT molecular complexity index is 388. The van der Waals surface area contributed by atoms with Crippen LogP contribution in [0.1, 0.15) is 0 Å². The zero-order chi connectivity index (χ0) is 12.3. The van der Waals surface area contributed by atoms with Crippen molar-refractivity contribution in [2.24, 2.45) is 0 Å². The van der Waals surface area contributed by atoms with Gasteiger partial charge in [0.15, 0.2) is 0 Å². The minimum atomic E-state index is 1.12. The third-order valence-corrected chi connectivity index (χ3v) is 2.00. The Labute approximate surface area is 103 Å². The van der Waals surface area contributed by atoms with E-state index in [-0.39, 0.29) is 0 Å². The van der Waals surface area contributed by atoms with E-state index in [1.807, 2.05) is 60.7 Å². The van der Waals surface area contributed by atoms with Gasteiger partial charge in [-0.15, -0.1) is 0 Å². The number of hydrogen-bond donors (Lipinski definition) is 1. The van der Waals surface area contributed by atoms with Gasteiger partial charge in [-0.3, -0.25) is 0 Å². The lowest BCUT2D eigenvalue weighted by atomic mass is 10.3. The van der Waals surface area contributed by atoms with Crippen LogP contribution in [0.2, 0.25) is 0 Å². The van der Waals surface area contributed by atoms with E-state index >= 15 is 0 Å². The molecule has 0 aromatic heterocycles. The fourth-order valence-corrected chi connectivity index (χ4v) is 1.21. The van der Waals surface area contributed by atoms with E-state index in [1.165, 1.54) is 0 Å². The third kappa shape index (κ3) is 5.38. The zero-order valence-electron chi connectivity index (χ0n) is 9.84. The molecule has 1 nitrogen and oxygen atoms in total. The van der Waals surface area contributed by atoms with Crippen LogP contribution in [0.15, 0.2) is 86.0 Å². The van der Waals surface area contributed by atoms with Crippen LogP contribution in [0.25, 0.3) is 0 Å². The molecule has 1 heteroatoms. The van der Waals surface area contributed by atoms with Crippen LogP contribution in [0, 0.1) is 0 Å². The highest BCUT2D eigenvalue weighted by Crippen LogP contribution is 2.14. The molecule has 0 atom stereocenters. The topological polar surface area (TPSA) is 12.0 Å². The molecule has 0 bridgehead atoms. The predicted octanol–water partition coefficient (Wildman–Crippen LogP) is 4.79. The third-order valence-electron chi connectivity index (χ3n) is 2.00. The SMILES string of the molecule is C=CC=C.c1ccc(Nc2ccccc2)cc1. The van der Waals surface area contributed by atoms with E-state index in [0.717, 1.165) is 11.4 Å². The van der Waals surface area contributed by atoms with Gasteiger partial charge < -0.3 is 5.32 Å². The smallest absolute Gasteiger partial charge is 0.0384 e. The summed E-state index contributed by atoms with van der Waals surface area (Å²) in [6.07, 6.45) is 3.28. The standard InChI is InChI=1S/C12H11N.C4H6/c1-3-7-11(8-4-1)13-12-9-5-2-6-10-12;1-3-4-2/h1-10,13H;3-4H,1-2H2. The summed E-state index contributed by atoms with van der Waals surface area (Å²) in [5.41, 5.74) is 2.24. The van der Waals surface area contributed by atoms with Gasteiger partial charge in [0, 0.05) is 11.4 Å². The Morgan fingerprint density at radius 3 is 1.29 bits per heavy atom. The Kier molecular flexibility index (Phi) is 5.97.